The van der Waals surface area contributed by atoms with Crippen LogP contribution in [0.25, 0.3) is 11.5 Å². The summed E-state index contributed by atoms with van der Waals surface area (Å²) in [5, 5.41) is 12.3. The second-order valence-electron chi connectivity index (χ2n) is 6.32. The van der Waals surface area contributed by atoms with E-state index < -0.39 is 6.04 Å². The van der Waals surface area contributed by atoms with Crippen molar-refractivity contribution in [2.24, 2.45) is 0 Å². The van der Waals surface area contributed by atoms with Gasteiger partial charge >= 0.3 is 0 Å². The quantitative estimate of drug-likeness (QED) is 0.440. The van der Waals surface area contributed by atoms with E-state index in [9.17, 15) is 4.39 Å². The molecular weight excluding hydrogens is 393 g/mol. The molecule has 0 aliphatic rings. The number of hydrogen-bond acceptors (Lipinski definition) is 5. The monoisotopic (exact) mass is 409 g/mol. The van der Waals surface area contributed by atoms with Crippen LogP contribution in [0.3, 0.4) is 0 Å². The van der Waals surface area contributed by atoms with E-state index in [-0.39, 0.29) is 11.7 Å². The van der Waals surface area contributed by atoms with Crippen molar-refractivity contribution < 1.29 is 13.5 Å². The fourth-order valence-corrected chi connectivity index (χ4v) is 3.12. The number of rotatable bonds is 6. The van der Waals surface area contributed by atoms with Gasteiger partial charge in [-0.3, -0.25) is 0 Å². The van der Waals surface area contributed by atoms with Crippen LogP contribution in [0.4, 0.5) is 10.1 Å². The van der Waals surface area contributed by atoms with E-state index in [0.29, 0.717) is 16.5 Å². The molecule has 29 heavy (non-hydrogen) atoms. The van der Waals surface area contributed by atoms with Crippen molar-refractivity contribution in [3.8, 4) is 17.2 Å². The number of methoxy groups -OCH3 is 1. The zero-order valence-corrected chi connectivity index (χ0v) is 16.2. The molecule has 0 saturated carbocycles. The summed E-state index contributed by atoms with van der Waals surface area (Å²) in [7, 11) is 1.61. The molecule has 1 aromatic heterocycles. The van der Waals surface area contributed by atoms with E-state index in [0.717, 1.165) is 17.0 Å². The number of anilines is 1. The molecule has 0 bridgehead atoms. The van der Waals surface area contributed by atoms with Crippen LogP contribution in [0.2, 0.25) is 5.02 Å². The Morgan fingerprint density at radius 2 is 1.79 bits per heavy atom. The predicted molar refractivity (Wildman–Crippen MR) is 110 cm³/mol. The highest BCUT2D eigenvalue weighted by atomic mass is 35.5. The maximum atomic E-state index is 13.5. The van der Waals surface area contributed by atoms with Gasteiger partial charge in [-0.15, -0.1) is 10.2 Å². The molecule has 146 valence electrons. The molecule has 0 aliphatic carbocycles. The second-order valence-corrected chi connectivity index (χ2v) is 6.75. The fraction of sp³-hybridized carbons (Fsp3) is 0.0909. The molecule has 0 fully saturated rings. The van der Waals surface area contributed by atoms with Crippen LogP contribution < -0.4 is 10.1 Å². The lowest BCUT2D eigenvalue weighted by molar-refractivity contribution is 0.415. The third-order valence-corrected chi connectivity index (χ3v) is 4.58. The Hall–Kier alpha value is -3.38. The Morgan fingerprint density at radius 3 is 2.52 bits per heavy atom. The number of nitrogens with one attached hydrogen (secondary N) is 1. The van der Waals surface area contributed by atoms with Gasteiger partial charge in [0.05, 0.1) is 7.11 Å². The summed E-state index contributed by atoms with van der Waals surface area (Å²) in [6, 6.07) is 20.4. The molecule has 4 aromatic rings. The topological polar surface area (TPSA) is 60.2 Å². The smallest absolute Gasteiger partial charge is 0.247 e. The van der Waals surface area contributed by atoms with E-state index in [4.69, 9.17) is 20.8 Å². The Morgan fingerprint density at radius 1 is 1.00 bits per heavy atom. The van der Waals surface area contributed by atoms with Crippen molar-refractivity contribution in [2.45, 2.75) is 6.04 Å². The van der Waals surface area contributed by atoms with Gasteiger partial charge < -0.3 is 14.5 Å². The third-order valence-electron chi connectivity index (χ3n) is 4.34. The van der Waals surface area contributed by atoms with E-state index in [1.165, 1.54) is 12.1 Å². The molecule has 0 aliphatic heterocycles. The summed E-state index contributed by atoms with van der Waals surface area (Å²) in [4.78, 5) is 0. The van der Waals surface area contributed by atoms with Crippen LogP contribution >= 0.6 is 11.6 Å². The van der Waals surface area contributed by atoms with Crippen molar-refractivity contribution in [3.05, 3.63) is 95.1 Å². The molecule has 5 nitrogen and oxygen atoms in total. The van der Waals surface area contributed by atoms with Crippen molar-refractivity contribution in [3.63, 3.8) is 0 Å². The van der Waals surface area contributed by atoms with Gasteiger partial charge in [0.15, 0.2) is 0 Å². The Kier molecular flexibility index (Phi) is 5.44. The molecule has 1 atom stereocenters. The molecule has 3 aromatic carbocycles. The van der Waals surface area contributed by atoms with Crippen LogP contribution in [0.5, 0.6) is 5.75 Å². The van der Waals surface area contributed by atoms with Crippen LogP contribution in [0.15, 0.2) is 77.2 Å². The third kappa shape index (κ3) is 4.38. The Bertz CT molecular complexity index is 1120. The van der Waals surface area contributed by atoms with Crippen molar-refractivity contribution >= 4 is 17.3 Å². The maximum Gasteiger partial charge on any atom is 0.247 e. The van der Waals surface area contributed by atoms with Gasteiger partial charge in [0.2, 0.25) is 11.8 Å². The predicted octanol–water partition coefficient (Wildman–Crippen LogP) is 5.74. The second kappa shape index (κ2) is 8.32. The lowest BCUT2D eigenvalue weighted by atomic mass is 10.1. The van der Waals surface area contributed by atoms with E-state index >= 15 is 0 Å². The van der Waals surface area contributed by atoms with Gasteiger partial charge in [-0.25, -0.2) is 4.39 Å². The molecule has 0 unspecified atom stereocenters. The highest BCUT2D eigenvalue weighted by Gasteiger charge is 2.22. The highest BCUT2D eigenvalue weighted by molar-refractivity contribution is 6.30. The molecular formula is C22H17ClFN3O2. The van der Waals surface area contributed by atoms with Crippen molar-refractivity contribution in [1.82, 2.24) is 10.2 Å². The lowest BCUT2D eigenvalue weighted by Crippen LogP contribution is -2.13. The van der Waals surface area contributed by atoms with E-state index in [1.54, 1.807) is 25.3 Å². The average Bonchev–Trinajstić information content (AvgIpc) is 3.22. The number of benzene rings is 3. The van der Waals surface area contributed by atoms with Crippen molar-refractivity contribution in [1.29, 1.82) is 0 Å². The minimum atomic E-state index is -0.447. The molecule has 0 saturated heterocycles. The zero-order chi connectivity index (χ0) is 20.2. The molecule has 0 amide bonds. The van der Waals surface area contributed by atoms with Crippen LogP contribution in [-0.2, 0) is 0 Å². The number of hydrogen-bond donors (Lipinski definition) is 1. The Balaban J connectivity index is 1.70. The van der Waals surface area contributed by atoms with E-state index in [2.05, 4.69) is 15.5 Å². The summed E-state index contributed by atoms with van der Waals surface area (Å²) in [5.41, 5.74) is 2.20. The summed E-state index contributed by atoms with van der Waals surface area (Å²) in [6.07, 6.45) is 0. The SMILES string of the molecule is COc1ccc(N[C@@H](c2cccc(Cl)c2)c2nnc(-c3cccc(F)c3)o2)cc1. The number of ether oxygens (including phenoxy) is 1. The minimum Gasteiger partial charge on any atom is -0.497 e. The van der Waals surface area contributed by atoms with Crippen LogP contribution in [-0.4, -0.2) is 17.3 Å². The van der Waals surface area contributed by atoms with Gasteiger partial charge in [-0.1, -0.05) is 29.8 Å². The normalized spacial score (nSPS) is 11.8. The molecule has 4 rings (SSSR count). The standard InChI is InChI=1S/C22H17ClFN3O2/c1-28-19-10-8-18(9-11-19)25-20(14-4-2-6-16(23)12-14)22-27-26-21(29-22)15-5-3-7-17(24)13-15/h2-13,20,25H,1H3/t20-/m0/s1. The average molecular weight is 410 g/mol. The Labute approximate surface area is 172 Å². The van der Waals surface area contributed by atoms with Gasteiger partial charge in [0.1, 0.15) is 17.6 Å². The van der Waals surface area contributed by atoms with Gasteiger partial charge in [-0.2, -0.15) is 0 Å². The zero-order valence-electron chi connectivity index (χ0n) is 15.5. The van der Waals surface area contributed by atoms with Crippen molar-refractivity contribution in [2.75, 3.05) is 12.4 Å². The number of halogens is 2. The molecule has 1 N–H and O–H groups in total. The minimum absolute atomic E-state index is 0.239. The first-order valence-electron chi connectivity index (χ1n) is 8.88. The first-order chi connectivity index (χ1) is 14.1. The summed E-state index contributed by atoms with van der Waals surface area (Å²) >= 11 is 6.18. The summed E-state index contributed by atoms with van der Waals surface area (Å²) in [5.74, 6) is 0.955. The maximum absolute atomic E-state index is 13.5. The van der Waals surface area contributed by atoms with Gasteiger partial charge in [0, 0.05) is 16.3 Å². The fourth-order valence-electron chi connectivity index (χ4n) is 2.92. The molecule has 7 heteroatoms. The van der Waals surface area contributed by atoms with Gasteiger partial charge in [-0.05, 0) is 60.2 Å². The molecule has 0 spiro atoms. The number of aromatic nitrogens is 2. The lowest BCUT2D eigenvalue weighted by Gasteiger charge is -2.17. The summed E-state index contributed by atoms with van der Waals surface area (Å²) < 4.78 is 24.6. The largest absolute Gasteiger partial charge is 0.497 e. The van der Waals surface area contributed by atoms with E-state index in [1.807, 2.05) is 42.5 Å². The molecule has 0 radical (unpaired) electrons. The van der Waals surface area contributed by atoms with Crippen LogP contribution in [0.1, 0.15) is 17.5 Å². The highest BCUT2D eigenvalue weighted by Crippen LogP contribution is 2.30. The first kappa shape index (κ1) is 19.0. The number of nitrogens with zero attached hydrogens (tertiary/aromatic N) is 2. The molecule has 1 heterocycles. The first-order valence-corrected chi connectivity index (χ1v) is 9.25. The van der Waals surface area contributed by atoms with Gasteiger partial charge in [0.25, 0.3) is 0 Å². The van der Waals surface area contributed by atoms with Crippen LogP contribution in [0, 0.1) is 5.82 Å². The summed E-state index contributed by atoms with van der Waals surface area (Å²) in [6.45, 7) is 0.